The van der Waals surface area contributed by atoms with Crippen LogP contribution in [-0.2, 0) is 18.0 Å². The Kier molecular flexibility index (Phi) is 10.0. The topological polar surface area (TPSA) is 146 Å². The first-order chi connectivity index (χ1) is 10.4. The van der Waals surface area contributed by atoms with Gasteiger partial charge in [-0.3, -0.25) is 8.88 Å². The number of phosphoric ester groups is 1. The van der Waals surface area contributed by atoms with Gasteiger partial charge in [-0.05, 0) is 46.5 Å². The fourth-order valence-corrected chi connectivity index (χ4v) is 2.98. The highest BCUT2D eigenvalue weighted by atomic mass is 31.3. The Bertz CT molecular complexity index is 551. The Morgan fingerprint density at radius 1 is 1.00 bits per heavy atom. The van der Waals surface area contributed by atoms with Crippen LogP contribution in [0.2, 0.25) is 0 Å². The van der Waals surface area contributed by atoms with E-state index in [0.717, 1.165) is 24.8 Å². The summed E-state index contributed by atoms with van der Waals surface area (Å²) >= 11 is 0. The van der Waals surface area contributed by atoms with E-state index >= 15 is 0 Å². The minimum Gasteiger partial charge on any atom is -0.790 e. The first kappa shape index (κ1) is 22.4. The van der Waals surface area contributed by atoms with E-state index in [4.69, 9.17) is 5.41 Å². The average molecular weight is 366 g/mol. The zero-order valence-corrected chi connectivity index (χ0v) is 15.2. The van der Waals surface area contributed by atoms with Gasteiger partial charge in [-0.15, -0.1) is 0 Å². The molecule has 23 heavy (non-hydrogen) atoms. The Labute approximate surface area is 136 Å². The molecule has 0 fully saturated rings. The van der Waals surface area contributed by atoms with Gasteiger partial charge in [0.25, 0.3) is 7.82 Å². The molecule has 1 atom stereocenters. The predicted octanol–water partition coefficient (Wildman–Crippen LogP) is 1.81. The fourth-order valence-electron chi connectivity index (χ4n) is 1.55. The zero-order chi connectivity index (χ0) is 18.1. The molecule has 0 amide bonds. The van der Waals surface area contributed by atoms with Crippen LogP contribution in [0.1, 0.15) is 46.5 Å². The van der Waals surface area contributed by atoms with Crippen molar-refractivity contribution >= 4 is 21.4 Å². The SMILES string of the molecule is CC(=N)CC/C(C)=C/CC/C(C)=C/COP(=O)([O-])OP(=O)([O-])[O-]. The van der Waals surface area contributed by atoms with Crippen LogP contribution < -0.4 is 14.7 Å². The molecule has 0 aliphatic heterocycles. The first-order valence-electron chi connectivity index (χ1n) is 6.95. The van der Waals surface area contributed by atoms with Gasteiger partial charge >= 0.3 is 0 Å². The van der Waals surface area contributed by atoms with Gasteiger partial charge in [0.1, 0.15) is 0 Å². The summed E-state index contributed by atoms with van der Waals surface area (Å²) in [7, 11) is -10.8. The zero-order valence-electron chi connectivity index (χ0n) is 13.4. The summed E-state index contributed by atoms with van der Waals surface area (Å²) in [5.74, 6) is 0. The van der Waals surface area contributed by atoms with Crippen LogP contribution in [0.4, 0.5) is 0 Å². The monoisotopic (exact) mass is 366 g/mol. The van der Waals surface area contributed by atoms with E-state index < -0.39 is 22.3 Å². The molecule has 0 bridgehead atoms. The van der Waals surface area contributed by atoms with Crippen molar-refractivity contribution in [1.29, 1.82) is 5.41 Å². The molecule has 8 nitrogen and oxygen atoms in total. The maximum Gasteiger partial charge on any atom is 0.272 e. The third-order valence-electron chi connectivity index (χ3n) is 2.79. The maximum absolute atomic E-state index is 11.0. The number of phosphoric acid groups is 2. The van der Waals surface area contributed by atoms with Crippen LogP contribution in [0, 0.1) is 5.41 Å². The number of hydrogen-bond acceptors (Lipinski definition) is 8. The molecule has 0 aromatic heterocycles. The highest BCUT2D eigenvalue weighted by molar-refractivity contribution is 7.58. The molecule has 0 heterocycles. The standard InChI is InChI=1S/C13H25NO7P2/c1-11(7-8-13(3)14)5-4-6-12(2)9-10-20-23(18,19)21-22(15,16)17/h5,9,14H,4,6-8,10H2,1-3H3,(H,18,19)(H2,15,16,17)/p-3/b11-5+,12-9+,14-13?. The smallest absolute Gasteiger partial charge is 0.272 e. The molecule has 0 aliphatic carbocycles. The lowest BCUT2D eigenvalue weighted by Gasteiger charge is -2.34. The van der Waals surface area contributed by atoms with Crippen molar-refractivity contribution in [3.8, 4) is 0 Å². The highest BCUT2D eigenvalue weighted by Gasteiger charge is 2.10. The lowest BCUT2D eigenvalue weighted by molar-refractivity contribution is -0.339. The van der Waals surface area contributed by atoms with Crippen molar-refractivity contribution in [2.24, 2.45) is 0 Å². The van der Waals surface area contributed by atoms with Gasteiger partial charge < -0.3 is 29.2 Å². The van der Waals surface area contributed by atoms with Crippen molar-refractivity contribution in [2.75, 3.05) is 6.61 Å². The third kappa shape index (κ3) is 14.7. The molecule has 1 N–H and O–H groups in total. The van der Waals surface area contributed by atoms with Gasteiger partial charge in [0.15, 0.2) is 0 Å². The molecule has 0 radical (unpaired) electrons. The molecule has 1 unspecified atom stereocenters. The second-order valence-electron chi connectivity index (χ2n) is 5.19. The van der Waals surface area contributed by atoms with Crippen LogP contribution in [0.5, 0.6) is 0 Å². The molecule has 0 aromatic rings. The normalized spacial score (nSPS) is 16.3. The van der Waals surface area contributed by atoms with E-state index in [2.05, 4.69) is 8.83 Å². The Hall–Kier alpha value is -0.590. The Balaban J connectivity index is 4.18. The van der Waals surface area contributed by atoms with Gasteiger partial charge in [-0.2, -0.15) is 0 Å². The molecule has 0 spiro atoms. The largest absolute Gasteiger partial charge is 0.790 e. The molecule has 0 aromatic carbocycles. The van der Waals surface area contributed by atoms with Crippen molar-refractivity contribution in [3.05, 3.63) is 23.3 Å². The van der Waals surface area contributed by atoms with Crippen molar-refractivity contribution < 1.29 is 32.6 Å². The molecule has 0 saturated carbocycles. The van der Waals surface area contributed by atoms with E-state index in [9.17, 15) is 23.8 Å². The fraction of sp³-hybridized carbons (Fsp3) is 0.615. The van der Waals surface area contributed by atoms with Gasteiger partial charge in [0.05, 0.1) is 14.4 Å². The van der Waals surface area contributed by atoms with E-state index in [1.54, 1.807) is 13.8 Å². The Morgan fingerprint density at radius 2 is 1.57 bits per heavy atom. The van der Waals surface area contributed by atoms with Gasteiger partial charge in [0, 0.05) is 5.71 Å². The minimum absolute atomic E-state index is 0.400. The average Bonchev–Trinajstić information content (AvgIpc) is 2.33. The van der Waals surface area contributed by atoms with Gasteiger partial charge in [-0.25, -0.2) is 0 Å². The molecule has 134 valence electrons. The number of rotatable bonds is 11. The summed E-state index contributed by atoms with van der Waals surface area (Å²) in [4.78, 5) is 31.4. The Morgan fingerprint density at radius 3 is 2.09 bits per heavy atom. The van der Waals surface area contributed by atoms with Crippen LogP contribution in [0.3, 0.4) is 0 Å². The lowest BCUT2D eigenvalue weighted by Crippen LogP contribution is -2.19. The molecular formula is C13H22NO7P2-3. The molecule has 0 aliphatic rings. The second kappa shape index (κ2) is 10.3. The van der Waals surface area contributed by atoms with E-state index in [-0.39, 0.29) is 0 Å². The summed E-state index contributed by atoms with van der Waals surface area (Å²) in [6.45, 7) is 5.12. The van der Waals surface area contributed by atoms with E-state index in [1.165, 1.54) is 11.6 Å². The summed E-state index contributed by atoms with van der Waals surface area (Å²) in [5, 5.41) is 7.35. The maximum atomic E-state index is 11.0. The summed E-state index contributed by atoms with van der Waals surface area (Å²) in [6.07, 6.45) is 6.52. The molecule has 10 heteroatoms. The number of hydrogen-bond donors (Lipinski definition) is 1. The second-order valence-corrected chi connectivity index (χ2v) is 7.89. The summed E-state index contributed by atoms with van der Waals surface area (Å²) in [5.41, 5.74) is 2.67. The predicted molar refractivity (Wildman–Crippen MR) is 81.6 cm³/mol. The first-order valence-corrected chi connectivity index (χ1v) is 9.87. The lowest BCUT2D eigenvalue weighted by atomic mass is 10.1. The molecule has 0 rings (SSSR count). The highest BCUT2D eigenvalue weighted by Crippen LogP contribution is 2.50. The van der Waals surface area contributed by atoms with E-state index in [1.807, 2.05) is 13.0 Å². The van der Waals surface area contributed by atoms with Crippen molar-refractivity contribution in [1.82, 2.24) is 0 Å². The minimum atomic E-state index is -5.64. The van der Waals surface area contributed by atoms with Gasteiger partial charge in [-0.1, -0.05) is 23.3 Å². The van der Waals surface area contributed by atoms with Crippen LogP contribution in [0.15, 0.2) is 23.3 Å². The quantitative estimate of drug-likeness (QED) is 0.333. The third-order valence-corrected chi connectivity index (χ3v) is 4.86. The van der Waals surface area contributed by atoms with Gasteiger partial charge in [0.2, 0.25) is 0 Å². The van der Waals surface area contributed by atoms with E-state index in [0.29, 0.717) is 12.1 Å². The number of nitrogens with one attached hydrogen (secondary N) is 1. The van der Waals surface area contributed by atoms with Crippen LogP contribution >= 0.6 is 15.6 Å². The molecule has 0 saturated heterocycles. The summed E-state index contributed by atoms with van der Waals surface area (Å²) in [6, 6.07) is 0. The molecular weight excluding hydrogens is 344 g/mol. The number of allylic oxidation sites excluding steroid dienone is 3. The van der Waals surface area contributed by atoms with Crippen molar-refractivity contribution in [3.63, 3.8) is 0 Å². The van der Waals surface area contributed by atoms with Crippen LogP contribution in [0.25, 0.3) is 0 Å². The van der Waals surface area contributed by atoms with Crippen LogP contribution in [-0.4, -0.2) is 12.3 Å². The summed E-state index contributed by atoms with van der Waals surface area (Å²) < 4.78 is 28.8. The van der Waals surface area contributed by atoms with Crippen molar-refractivity contribution in [2.45, 2.75) is 46.5 Å².